The maximum Gasteiger partial charge on any atom is 0.325 e. The van der Waals surface area contributed by atoms with Gasteiger partial charge in [0.2, 0.25) is 0 Å². The van der Waals surface area contributed by atoms with Crippen LogP contribution in [0.5, 0.6) is 0 Å². The number of unbranched alkanes of at least 4 members (excludes halogenated alkanes) is 2. The van der Waals surface area contributed by atoms with Crippen molar-refractivity contribution < 1.29 is 19.4 Å². The van der Waals surface area contributed by atoms with Crippen molar-refractivity contribution in [2.45, 2.75) is 82.3 Å². The van der Waals surface area contributed by atoms with Gasteiger partial charge in [-0.3, -0.25) is 9.69 Å². The fraction of sp³-hybridized carbons (Fsp3) is 0.613. The number of ether oxygens (including phenoxy) is 2. The molecule has 0 spiro atoms. The molecule has 1 aromatic heterocycles. The van der Waals surface area contributed by atoms with Gasteiger partial charge in [-0.15, -0.1) is 0 Å². The number of carboxylic acids is 1. The number of anilines is 1. The Bertz CT molecular complexity index is 1080. The molecule has 2 N–H and O–H groups in total. The minimum Gasteiger partial charge on any atom is -0.480 e. The Hall–Kier alpha value is -2.48. The summed E-state index contributed by atoms with van der Waals surface area (Å²) in [6.45, 7) is 6.77. The highest BCUT2D eigenvalue weighted by Gasteiger charge is 2.42. The SMILES string of the molecule is CCC1(c2ccccc2C(C(=O)O)N2CC(OCCCCCc3ccc4c(n3)NCCC4)C2)CCOCC1. The van der Waals surface area contributed by atoms with E-state index < -0.39 is 12.0 Å². The molecule has 4 heterocycles. The van der Waals surface area contributed by atoms with Gasteiger partial charge in [0, 0.05) is 45.1 Å². The van der Waals surface area contributed by atoms with Crippen LogP contribution in [0.2, 0.25) is 0 Å². The quantitative estimate of drug-likeness (QED) is 0.374. The van der Waals surface area contributed by atoms with Crippen molar-refractivity contribution in [2.75, 3.05) is 44.8 Å². The molecule has 7 heteroatoms. The smallest absolute Gasteiger partial charge is 0.325 e. The molecule has 1 atom stereocenters. The van der Waals surface area contributed by atoms with E-state index in [0.717, 1.165) is 89.1 Å². The summed E-state index contributed by atoms with van der Waals surface area (Å²) in [4.78, 5) is 19.3. The van der Waals surface area contributed by atoms with Gasteiger partial charge in [-0.2, -0.15) is 0 Å². The molecule has 3 aliphatic rings. The van der Waals surface area contributed by atoms with Crippen molar-refractivity contribution in [2.24, 2.45) is 0 Å². The monoisotopic (exact) mass is 521 g/mol. The summed E-state index contributed by atoms with van der Waals surface area (Å²) in [5.41, 5.74) is 4.62. The highest BCUT2D eigenvalue weighted by Crippen LogP contribution is 2.42. The summed E-state index contributed by atoms with van der Waals surface area (Å²) in [5, 5.41) is 13.7. The van der Waals surface area contributed by atoms with Crippen LogP contribution >= 0.6 is 0 Å². The number of hydrogen-bond donors (Lipinski definition) is 2. The van der Waals surface area contributed by atoms with Gasteiger partial charge in [-0.05, 0) is 79.5 Å². The van der Waals surface area contributed by atoms with Gasteiger partial charge in [0.05, 0.1) is 6.10 Å². The van der Waals surface area contributed by atoms with Crippen LogP contribution in [0.25, 0.3) is 0 Å². The third-order valence-corrected chi connectivity index (χ3v) is 8.81. The Balaban J connectivity index is 1.08. The van der Waals surface area contributed by atoms with Crippen LogP contribution in [0.4, 0.5) is 5.82 Å². The molecule has 0 bridgehead atoms. The summed E-state index contributed by atoms with van der Waals surface area (Å²) >= 11 is 0. The van der Waals surface area contributed by atoms with E-state index in [1.54, 1.807) is 0 Å². The molecule has 0 amide bonds. The Morgan fingerprint density at radius 3 is 2.79 bits per heavy atom. The molecule has 3 aliphatic heterocycles. The number of aromatic nitrogens is 1. The fourth-order valence-corrected chi connectivity index (χ4v) is 6.41. The molecule has 5 rings (SSSR count). The summed E-state index contributed by atoms with van der Waals surface area (Å²) in [6, 6.07) is 12.0. The lowest BCUT2D eigenvalue weighted by Gasteiger charge is -2.45. The lowest BCUT2D eigenvalue weighted by Crippen LogP contribution is -2.55. The van der Waals surface area contributed by atoms with E-state index in [4.69, 9.17) is 14.5 Å². The van der Waals surface area contributed by atoms with E-state index in [0.29, 0.717) is 13.1 Å². The normalized spacial score (nSPS) is 20.2. The first-order chi connectivity index (χ1) is 18.6. The molecular formula is C31H43N3O4. The average Bonchev–Trinajstić information content (AvgIpc) is 2.93. The van der Waals surface area contributed by atoms with Gasteiger partial charge in [0.1, 0.15) is 11.9 Å². The van der Waals surface area contributed by atoms with Gasteiger partial charge in [0.15, 0.2) is 0 Å². The lowest BCUT2D eigenvalue weighted by atomic mass is 9.69. The molecule has 206 valence electrons. The van der Waals surface area contributed by atoms with Crippen LogP contribution in [-0.2, 0) is 32.5 Å². The Morgan fingerprint density at radius 1 is 1.18 bits per heavy atom. The van der Waals surface area contributed by atoms with Crippen LogP contribution in [0.3, 0.4) is 0 Å². The number of pyridine rings is 1. The van der Waals surface area contributed by atoms with Crippen molar-refractivity contribution >= 4 is 11.8 Å². The Morgan fingerprint density at radius 2 is 2.00 bits per heavy atom. The zero-order valence-corrected chi connectivity index (χ0v) is 22.8. The number of fused-ring (bicyclic) bond motifs is 1. The predicted octanol–water partition coefficient (Wildman–Crippen LogP) is 5.14. The van der Waals surface area contributed by atoms with E-state index in [2.05, 4.69) is 35.3 Å². The Kier molecular flexibility index (Phi) is 8.97. The maximum absolute atomic E-state index is 12.5. The Labute approximate surface area is 226 Å². The van der Waals surface area contributed by atoms with Crippen LogP contribution in [0.1, 0.15) is 80.3 Å². The molecular weight excluding hydrogens is 478 g/mol. The number of carbonyl (C=O) groups is 1. The number of nitrogens with one attached hydrogen (secondary N) is 1. The summed E-state index contributed by atoms with van der Waals surface area (Å²) in [6.07, 6.45) is 9.53. The lowest BCUT2D eigenvalue weighted by molar-refractivity contribution is -0.151. The van der Waals surface area contributed by atoms with Crippen molar-refractivity contribution in [1.29, 1.82) is 0 Å². The summed E-state index contributed by atoms with van der Waals surface area (Å²) in [5.74, 6) is 0.298. The maximum atomic E-state index is 12.5. The fourth-order valence-electron chi connectivity index (χ4n) is 6.41. The molecule has 7 nitrogen and oxygen atoms in total. The first-order valence-electron chi connectivity index (χ1n) is 14.6. The summed E-state index contributed by atoms with van der Waals surface area (Å²) in [7, 11) is 0. The minimum atomic E-state index is -0.778. The summed E-state index contributed by atoms with van der Waals surface area (Å²) < 4.78 is 11.8. The predicted molar refractivity (Wildman–Crippen MR) is 149 cm³/mol. The number of benzene rings is 1. The average molecular weight is 522 g/mol. The van der Waals surface area contributed by atoms with Crippen LogP contribution in [0.15, 0.2) is 36.4 Å². The molecule has 2 aromatic rings. The van der Waals surface area contributed by atoms with E-state index in [9.17, 15) is 9.90 Å². The first kappa shape index (κ1) is 27.1. The molecule has 1 aromatic carbocycles. The number of likely N-dealkylation sites (tertiary alicyclic amines) is 1. The van der Waals surface area contributed by atoms with Gasteiger partial charge in [-0.1, -0.05) is 43.7 Å². The number of rotatable bonds is 12. The topological polar surface area (TPSA) is 83.9 Å². The van der Waals surface area contributed by atoms with Crippen molar-refractivity contribution in [3.8, 4) is 0 Å². The van der Waals surface area contributed by atoms with E-state index in [1.807, 2.05) is 18.2 Å². The second-order valence-corrected chi connectivity index (χ2v) is 11.2. The number of nitrogens with zero attached hydrogens (tertiary/aromatic N) is 2. The molecule has 0 saturated carbocycles. The molecule has 0 aliphatic carbocycles. The third kappa shape index (κ3) is 6.05. The number of aliphatic carboxylic acids is 1. The number of aryl methyl sites for hydroxylation is 2. The highest BCUT2D eigenvalue weighted by molar-refractivity contribution is 5.76. The standard InChI is InChI=1S/C31H43N3O4/c1-2-31(15-19-37-20-16-31)27-12-6-5-11-26(27)28(30(35)36)34-21-25(22-34)38-18-7-3-4-10-24-14-13-23-9-8-17-32-29(23)33-24/h5-6,11-14,25,28H,2-4,7-10,15-22H2,1H3,(H,32,33)(H,35,36). The number of hydrogen-bond acceptors (Lipinski definition) is 6. The highest BCUT2D eigenvalue weighted by atomic mass is 16.5. The van der Waals surface area contributed by atoms with E-state index in [-0.39, 0.29) is 11.5 Å². The van der Waals surface area contributed by atoms with Crippen LogP contribution in [0, 0.1) is 0 Å². The van der Waals surface area contributed by atoms with Gasteiger partial charge >= 0.3 is 5.97 Å². The largest absolute Gasteiger partial charge is 0.480 e. The van der Waals surface area contributed by atoms with Gasteiger partial charge < -0.3 is 19.9 Å². The third-order valence-electron chi connectivity index (χ3n) is 8.81. The number of carboxylic acid groups (broad SMARTS) is 1. The molecule has 38 heavy (non-hydrogen) atoms. The first-order valence-corrected chi connectivity index (χ1v) is 14.6. The van der Waals surface area contributed by atoms with Gasteiger partial charge in [-0.25, -0.2) is 4.98 Å². The van der Waals surface area contributed by atoms with Crippen LogP contribution < -0.4 is 5.32 Å². The molecule has 0 radical (unpaired) electrons. The van der Waals surface area contributed by atoms with E-state index in [1.165, 1.54) is 23.2 Å². The van der Waals surface area contributed by atoms with E-state index >= 15 is 0 Å². The van der Waals surface area contributed by atoms with Crippen molar-refractivity contribution in [1.82, 2.24) is 9.88 Å². The molecule has 2 fully saturated rings. The molecule has 1 unspecified atom stereocenters. The second-order valence-electron chi connectivity index (χ2n) is 11.2. The van der Waals surface area contributed by atoms with Crippen molar-refractivity contribution in [3.05, 3.63) is 58.8 Å². The van der Waals surface area contributed by atoms with Gasteiger partial charge in [0.25, 0.3) is 0 Å². The molecule has 2 saturated heterocycles. The van der Waals surface area contributed by atoms with Crippen LogP contribution in [-0.4, -0.2) is 66.5 Å². The second kappa shape index (κ2) is 12.6. The van der Waals surface area contributed by atoms with Crippen molar-refractivity contribution in [3.63, 3.8) is 0 Å². The minimum absolute atomic E-state index is 0.00551. The zero-order chi connectivity index (χ0) is 26.4. The zero-order valence-electron chi connectivity index (χ0n) is 22.8.